The summed E-state index contributed by atoms with van der Waals surface area (Å²) in [7, 11) is 0. The van der Waals surface area contributed by atoms with Crippen molar-refractivity contribution in [2.24, 2.45) is 15.0 Å². The Hall–Kier alpha value is -5.65. The molecule has 234 valence electrons. The van der Waals surface area contributed by atoms with Gasteiger partial charge in [0, 0.05) is 55.8 Å². The van der Waals surface area contributed by atoms with Gasteiger partial charge in [0.25, 0.3) is 0 Å². The monoisotopic (exact) mass is 796 g/mol. The van der Waals surface area contributed by atoms with E-state index in [4.69, 9.17) is 0 Å². The van der Waals surface area contributed by atoms with Gasteiger partial charge < -0.3 is 45.7 Å². The first-order valence-electron chi connectivity index (χ1n) is 13.5. The van der Waals surface area contributed by atoms with Crippen molar-refractivity contribution in [2.75, 3.05) is 0 Å². The molecule has 3 aromatic rings. The Bertz CT molecular complexity index is 1480. The van der Waals surface area contributed by atoms with Gasteiger partial charge in [-0.3, -0.25) is 15.0 Å². The molecule has 0 bridgehead atoms. The summed E-state index contributed by atoms with van der Waals surface area (Å²) in [6.45, 7) is 0. The minimum absolute atomic E-state index is 0. The molecule has 0 saturated carbocycles. The van der Waals surface area contributed by atoms with E-state index in [9.17, 15) is 29.7 Å². The van der Waals surface area contributed by atoms with Crippen LogP contribution in [0.3, 0.4) is 0 Å². The fourth-order valence-corrected chi connectivity index (χ4v) is 4.48. The molecule has 0 fully saturated rings. The predicted molar refractivity (Wildman–Crippen MR) is 162 cm³/mol. The molecule has 0 aliphatic carbocycles. The molecule has 0 amide bonds. The van der Waals surface area contributed by atoms with Crippen molar-refractivity contribution in [1.29, 1.82) is 0 Å². The predicted octanol–water partition coefficient (Wildman–Crippen LogP) is -0.671. The SMILES string of the molecule is O=C([O-])C1(c2ccccc2)C=NC=CN1.O=C([O-])C1(c2ccccc2)C=NC=CN1.O=C([O-])C1(c2ccccc2)C=NC=CN1.[Ir+3]. The van der Waals surface area contributed by atoms with Crippen molar-refractivity contribution < 1.29 is 49.8 Å². The summed E-state index contributed by atoms with van der Waals surface area (Å²) in [6, 6.07) is 26.4. The van der Waals surface area contributed by atoms with E-state index in [2.05, 4.69) is 30.9 Å². The summed E-state index contributed by atoms with van der Waals surface area (Å²) >= 11 is 0. The van der Waals surface area contributed by atoms with Crippen molar-refractivity contribution in [3.05, 3.63) is 145 Å². The van der Waals surface area contributed by atoms with Crippen molar-refractivity contribution in [2.45, 2.75) is 16.6 Å². The molecule has 46 heavy (non-hydrogen) atoms. The maximum Gasteiger partial charge on any atom is 3.00 e. The van der Waals surface area contributed by atoms with Gasteiger partial charge in [-0.25, -0.2) is 0 Å². The van der Waals surface area contributed by atoms with Crippen molar-refractivity contribution in [3.63, 3.8) is 0 Å². The second-order valence-corrected chi connectivity index (χ2v) is 9.60. The van der Waals surface area contributed by atoms with Gasteiger partial charge in [0.15, 0.2) is 0 Å². The van der Waals surface area contributed by atoms with Crippen LogP contribution in [0.1, 0.15) is 16.7 Å². The van der Waals surface area contributed by atoms with Gasteiger partial charge >= 0.3 is 20.1 Å². The van der Waals surface area contributed by atoms with Gasteiger partial charge in [-0.15, -0.1) is 0 Å². The summed E-state index contributed by atoms with van der Waals surface area (Å²) in [4.78, 5) is 45.1. The molecule has 0 radical (unpaired) electrons. The maximum atomic E-state index is 11.2. The molecule has 13 heteroatoms. The maximum absolute atomic E-state index is 11.2. The third-order valence-corrected chi connectivity index (χ3v) is 6.87. The third-order valence-electron chi connectivity index (χ3n) is 6.87. The first-order chi connectivity index (χ1) is 21.8. The zero-order chi connectivity index (χ0) is 32.2. The standard InChI is InChI=1S/3C11H10N2O2.Ir/c3*14-10(15)11(8-12-6-7-13-11)9-4-2-1-3-5-9;/h3*1-8,13H,(H,14,15);/q;;;+3/p-3. The van der Waals surface area contributed by atoms with Gasteiger partial charge in [0.1, 0.15) is 16.6 Å². The molecule has 3 aliphatic rings. The Morgan fingerprint density at radius 3 is 0.870 bits per heavy atom. The number of aliphatic imine (C=N–C) groups is 3. The smallest absolute Gasteiger partial charge is 0.547 e. The fourth-order valence-electron chi connectivity index (χ4n) is 4.48. The Kier molecular flexibility index (Phi) is 12.0. The van der Waals surface area contributed by atoms with Crippen molar-refractivity contribution >= 4 is 36.6 Å². The summed E-state index contributed by atoms with van der Waals surface area (Å²) < 4.78 is 0. The number of carboxylic acid groups (broad SMARTS) is 3. The summed E-state index contributed by atoms with van der Waals surface area (Å²) in [5, 5.41) is 41.8. The van der Waals surface area contributed by atoms with Crippen LogP contribution < -0.4 is 31.3 Å². The van der Waals surface area contributed by atoms with Crippen LogP contribution in [-0.4, -0.2) is 36.6 Å². The molecule has 3 N–H and O–H groups in total. The normalized spacial score (nSPS) is 23.0. The van der Waals surface area contributed by atoms with Crippen LogP contribution in [0.5, 0.6) is 0 Å². The Morgan fingerprint density at radius 2 is 0.696 bits per heavy atom. The van der Waals surface area contributed by atoms with E-state index in [-0.39, 0.29) is 20.1 Å². The molecule has 6 rings (SSSR count). The summed E-state index contributed by atoms with van der Waals surface area (Å²) in [6.07, 6.45) is 12.9. The number of nitrogens with zero attached hydrogens (tertiary/aromatic N) is 3. The largest absolute Gasteiger partial charge is 3.00 e. The minimum atomic E-state index is -1.35. The molecule has 3 aliphatic heterocycles. The molecule has 3 atom stereocenters. The first kappa shape index (κ1) is 34.8. The zero-order valence-electron chi connectivity index (χ0n) is 24.0. The van der Waals surface area contributed by atoms with Crippen LogP contribution in [0.25, 0.3) is 0 Å². The molecule has 3 aromatic carbocycles. The third kappa shape index (κ3) is 7.52. The van der Waals surface area contributed by atoms with Crippen LogP contribution >= 0.6 is 0 Å². The molecule has 0 saturated heterocycles. The van der Waals surface area contributed by atoms with E-state index < -0.39 is 34.5 Å². The van der Waals surface area contributed by atoms with Crippen LogP contribution in [0, 0.1) is 0 Å². The van der Waals surface area contributed by atoms with Crippen molar-refractivity contribution in [3.8, 4) is 0 Å². The molecule has 0 spiro atoms. The first-order valence-corrected chi connectivity index (χ1v) is 13.5. The number of hydrogen-bond donors (Lipinski definition) is 3. The van der Waals surface area contributed by atoms with E-state index in [0.29, 0.717) is 16.7 Å². The topological polar surface area (TPSA) is 194 Å². The minimum Gasteiger partial charge on any atom is -0.547 e. The number of aliphatic carboxylic acids is 3. The van der Waals surface area contributed by atoms with Gasteiger partial charge in [-0.05, 0) is 16.7 Å². The van der Waals surface area contributed by atoms with Gasteiger partial charge in [0.2, 0.25) is 0 Å². The Morgan fingerprint density at radius 1 is 0.457 bits per heavy atom. The van der Waals surface area contributed by atoms with Crippen LogP contribution in [-0.2, 0) is 51.1 Å². The number of carbonyl (C=O) groups excluding carboxylic acids is 3. The number of carboxylic acids is 3. The van der Waals surface area contributed by atoms with Gasteiger partial charge in [0.05, 0.1) is 17.9 Å². The fraction of sp³-hybridized carbons (Fsp3) is 0.0909. The molecular formula is C33H27IrN6O6. The van der Waals surface area contributed by atoms with E-state index in [1.165, 1.54) is 55.8 Å². The van der Waals surface area contributed by atoms with Gasteiger partial charge in [-0.2, -0.15) is 0 Å². The Labute approximate surface area is 278 Å². The quantitative estimate of drug-likeness (QED) is 0.290. The number of hydrogen-bond acceptors (Lipinski definition) is 12. The molecule has 3 heterocycles. The average Bonchev–Trinajstić information content (AvgIpc) is 3.10. The summed E-state index contributed by atoms with van der Waals surface area (Å²) in [5.41, 5.74) is -2.27. The van der Waals surface area contributed by atoms with E-state index in [1.807, 2.05) is 18.2 Å². The molecule has 3 unspecified atom stereocenters. The van der Waals surface area contributed by atoms with Gasteiger partial charge in [-0.1, -0.05) is 91.0 Å². The average molecular weight is 796 g/mol. The van der Waals surface area contributed by atoms with Crippen molar-refractivity contribution in [1.82, 2.24) is 16.0 Å². The van der Waals surface area contributed by atoms with E-state index >= 15 is 0 Å². The van der Waals surface area contributed by atoms with Crippen LogP contribution in [0.2, 0.25) is 0 Å². The number of rotatable bonds is 6. The second kappa shape index (κ2) is 15.9. The van der Waals surface area contributed by atoms with E-state index in [1.54, 1.807) is 72.8 Å². The Balaban J connectivity index is 0.000000186. The van der Waals surface area contributed by atoms with Crippen LogP contribution in [0.15, 0.2) is 143 Å². The molecule has 12 nitrogen and oxygen atoms in total. The second-order valence-electron chi connectivity index (χ2n) is 9.60. The number of nitrogens with one attached hydrogen (secondary N) is 3. The number of carbonyl (C=O) groups is 3. The molecule has 0 aromatic heterocycles. The van der Waals surface area contributed by atoms with E-state index in [0.717, 1.165) is 0 Å². The summed E-state index contributed by atoms with van der Waals surface area (Å²) in [5.74, 6) is -3.66. The van der Waals surface area contributed by atoms with Crippen LogP contribution in [0.4, 0.5) is 0 Å². The zero-order valence-corrected chi connectivity index (χ0v) is 26.4. The molecular weight excluding hydrogens is 769 g/mol. The number of benzene rings is 3.